The molecular formula is C17H21N3O2. The predicted molar refractivity (Wildman–Crippen MR) is 86.6 cm³/mol. The summed E-state index contributed by atoms with van der Waals surface area (Å²) in [6.45, 7) is 3.34. The molecule has 1 aliphatic rings. The minimum atomic E-state index is -0.219. The van der Waals surface area contributed by atoms with Gasteiger partial charge in [-0.15, -0.1) is 0 Å². The van der Waals surface area contributed by atoms with Crippen LogP contribution in [0, 0.1) is 6.92 Å². The fraction of sp³-hybridized carbons (Fsp3) is 0.412. The van der Waals surface area contributed by atoms with Gasteiger partial charge in [0.15, 0.2) is 0 Å². The lowest BCUT2D eigenvalue weighted by Gasteiger charge is -2.19. The van der Waals surface area contributed by atoms with Gasteiger partial charge in [-0.25, -0.2) is 4.68 Å². The second-order valence-electron chi connectivity index (χ2n) is 5.88. The zero-order valence-corrected chi connectivity index (χ0v) is 13.0. The zero-order valence-electron chi connectivity index (χ0n) is 13.0. The molecule has 0 saturated heterocycles. The van der Waals surface area contributed by atoms with Crippen molar-refractivity contribution in [2.45, 2.75) is 45.6 Å². The Morgan fingerprint density at radius 2 is 1.82 bits per heavy atom. The Balaban J connectivity index is 2.21. The van der Waals surface area contributed by atoms with Gasteiger partial charge in [0.25, 0.3) is 5.56 Å². The standard InChI is InChI=1S/C17H21N3O2/c1-12-16(18-13(2)21)17(22)20(15-8-4-3-5-9-15)19(12)14-10-6-7-11-14/h3-5,8-9,14H,6-7,10-11H2,1-2H3,(H,18,21). The van der Waals surface area contributed by atoms with E-state index in [9.17, 15) is 9.59 Å². The lowest BCUT2D eigenvalue weighted by Crippen LogP contribution is -2.25. The van der Waals surface area contributed by atoms with Gasteiger partial charge in [0.1, 0.15) is 5.69 Å². The highest BCUT2D eigenvalue weighted by Crippen LogP contribution is 2.32. The van der Waals surface area contributed by atoms with Gasteiger partial charge in [-0.2, -0.15) is 0 Å². The number of carbonyl (C=O) groups is 1. The molecule has 0 unspecified atom stereocenters. The predicted octanol–water partition coefficient (Wildman–Crippen LogP) is 3.02. The minimum Gasteiger partial charge on any atom is -0.320 e. The van der Waals surface area contributed by atoms with E-state index >= 15 is 0 Å². The molecule has 116 valence electrons. The van der Waals surface area contributed by atoms with E-state index in [-0.39, 0.29) is 11.5 Å². The molecule has 1 aromatic heterocycles. The molecule has 0 spiro atoms. The van der Waals surface area contributed by atoms with Crippen molar-refractivity contribution in [3.8, 4) is 5.69 Å². The fourth-order valence-corrected chi connectivity index (χ4v) is 3.34. The van der Waals surface area contributed by atoms with Crippen LogP contribution >= 0.6 is 0 Å². The maximum atomic E-state index is 12.8. The van der Waals surface area contributed by atoms with Crippen LogP contribution in [0.15, 0.2) is 35.1 Å². The molecule has 22 heavy (non-hydrogen) atoms. The molecule has 0 atom stereocenters. The Morgan fingerprint density at radius 1 is 1.18 bits per heavy atom. The number of nitrogens with zero attached hydrogens (tertiary/aromatic N) is 2. The number of hydrogen-bond acceptors (Lipinski definition) is 2. The summed E-state index contributed by atoms with van der Waals surface area (Å²) in [4.78, 5) is 24.3. The Hall–Kier alpha value is -2.30. The molecule has 1 aromatic carbocycles. The van der Waals surface area contributed by atoms with E-state index in [1.807, 2.05) is 37.3 Å². The molecule has 0 aliphatic heterocycles. The van der Waals surface area contributed by atoms with Crippen LogP contribution in [0.4, 0.5) is 5.69 Å². The summed E-state index contributed by atoms with van der Waals surface area (Å²) in [6, 6.07) is 9.92. The second kappa shape index (κ2) is 5.83. The minimum absolute atomic E-state index is 0.161. The Kier molecular flexibility index (Phi) is 3.88. The average molecular weight is 299 g/mol. The quantitative estimate of drug-likeness (QED) is 0.947. The molecule has 1 heterocycles. The molecule has 1 saturated carbocycles. The van der Waals surface area contributed by atoms with Crippen molar-refractivity contribution in [2.75, 3.05) is 5.32 Å². The molecule has 0 radical (unpaired) electrons. The summed E-state index contributed by atoms with van der Waals surface area (Å²) in [6.07, 6.45) is 4.50. The molecule has 1 aliphatic carbocycles. The first-order valence-corrected chi connectivity index (χ1v) is 7.76. The van der Waals surface area contributed by atoms with Gasteiger partial charge in [-0.1, -0.05) is 31.0 Å². The third-order valence-electron chi connectivity index (χ3n) is 4.30. The van der Waals surface area contributed by atoms with Gasteiger partial charge in [-0.05, 0) is 31.9 Å². The smallest absolute Gasteiger partial charge is 0.295 e. The summed E-state index contributed by atoms with van der Waals surface area (Å²) < 4.78 is 3.77. The van der Waals surface area contributed by atoms with Crippen molar-refractivity contribution in [2.24, 2.45) is 0 Å². The van der Waals surface area contributed by atoms with Crippen LogP contribution in [-0.2, 0) is 4.79 Å². The number of rotatable bonds is 3. The number of carbonyl (C=O) groups excluding carboxylic acids is 1. The van der Waals surface area contributed by atoms with E-state index in [0.29, 0.717) is 11.7 Å². The Labute approximate surface area is 129 Å². The topological polar surface area (TPSA) is 56.0 Å². The number of aromatic nitrogens is 2. The lowest BCUT2D eigenvalue weighted by molar-refractivity contribution is -0.114. The van der Waals surface area contributed by atoms with Crippen LogP contribution in [0.2, 0.25) is 0 Å². The van der Waals surface area contributed by atoms with Crippen molar-refractivity contribution in [1.82, 2.24) is 9.36 Å². The van der Waals surface area contributed by atoms with E-state index < -0.39 is 0 Å². The van der Waals surface area contributed by atoms with Gasteiger partial charge in [0.2, 0.25) is 5.91 Å². The van der Waals surface area contributed by atoms with E-state index in [0.717, 1.165) is 24.2 Å². The van der Waals surface area contributed by atoms with E-state index in [1.165, 1.54) is 19.8 Å². The van der Waals surface area contributed by atoms with E-state index in [1.54, 1.807) is 4.68 Å². The van der Waals surface area contributed by atoms with Crippen molar-refractivity contribution < 1.29 is 4.79 Å². The summed E-state index contributed by atoms with van der Waals surface area (Å²) >= 11 is 0. The highest BCUT2D eigenvalue weighted by Gasteiger charge is 2.26. The molecule has 1 fully saturated rings. The maximum Gasteiger partial charge on any atom is 0.295 e. The molecule has 1 N–H and O–H groups in total. The summed E-state index contributed by atoms with van der Waals surface area (Å²) in [5.41, 5.74) is 1.89. The number of anilines is 1. The zero-order chi connectivity index (χ0) is 15.7. The third kappa shape index (κ3) is 2.47. The number of nitrogens with one attached hydrogen (secondary N) is 1. The average Bonchev–Trinajstić information content (AvgIpc) is 3.10. The van der Waals surface area contributed by atoms with Gasteiger partial charge < -0.3 is 5.32 Å². The normalized spacial score (nSPS) is 15.2. The molecular weight excluding hydrogens is 278 g/mol. The van der Waals surface area contributed by atoms with Crippen LogP contribution in [-0.4, -0.2) is 15.3 Å². The highest BCUT2D eigenvalue weighted by molar-refractivity contribution is 5.89. The Morgan fingerprint density at radius 3 is 2.41 bits per heavy atom. The van der Waals surface area contributed by atoms with Crippen molar-refractivity contribution in [1.29, 1.82) is 0 Å². The van der Waals surface area contributed by atoms with Crippen molar-refractivity contribution in [3.63, 3.8) is 0 Å². The first-order chi connectivity index (χ1) is 10.6. The van der Waals surface area contributed by atoms with Gasteiger partial charge in [0, 0.05) is 6.92 Å². The molecule has 2 aromatic rings. The van der Waals surface area contributed by atoms with Crippen LogP contribution in [0.3, 0.4) is 0 Å². The van der Waals surface area contributed by atoms with Gasteiger partial charge in [0.05, 0.1) is 17.4 Å². The number of amides is 1. The van der Waals surface area contributed by atoms with Crippen LogP contribution in [0.5, 0.6) is 0 Å². The number of benzene rings is 1. The van der Waals surface area contributed by atoms with Crippen LogP contribution < -0.4 is 10.9 Å². The molecule has 1 amide bonds. The first kappa shape index (κ1) is 14.6. The van der Waals surface area contributed by atoms with Crippen molar-refractivity contribution in [3.05, 3.63) is 46.4 Å². The lowest BCUT2D eigenvalue weighted by atomic mass is 10.2. The first-order valence-electron chi connectivity index (χ1n) is 7.76. The largest absolute Gasteiger partial charge is 0.320 e. The SMILES string of the molecule is CC(=O)Nc1c(C)n(C2CCCC2)n(-c2ccccc2)c1=O. The third-order valence-corrected chi connectivity index (χ3v) is 4.30. The Bertz CT molecular complexity index is 737. The van der Waals surface area contributed by atoms with Crippen molar-refractivity contribution >= 4 is 11.6 Å². The summed E-state index contributed by atoms with van der Waals surface area (Å²) in [5, 5.41) is 2.70. The number of hydrogen-bond donors (Lipinski definition) is 1. The molecule has 3 rings (SSSR count). The second-order valence-corrected chi connectivity index (χ2v) is 5.88. The monoisotopic (exact) mass is 299 g/mol. The molecule has 5 nitrogen and oxygen atoms in total. The fourth-order valence-electron chi connectivity index (χ4n) is 3.34. The van der Waals surface area contributed by atoms with Crippen LogP contribution in [0.25, 0.3) is 5.69 Å². The highest BCUT2D eigenvalue weighted by atomic mass is 16.2. The maximum absolute atomic E-state index is 12.8. The molecule has 5 heteroatoms. The van der Waals surface area contributed by atoms with Gasteiger partial charge in [-0.3, -0.25) is 14.3 Å². The van der Waals surface area contributed by atoms with E-state index in [4.69, 9.17) is 0 Å². The number of para-hydroxylation sites is 1. The van der Waals surface area contributed by atoms with Crippen LogP contribution in [0.1, 0.15) is 44.3 Å². The molecule has 0 bridgehead atoms. The summed E-state index contributed by atoms with van der Waals surface area (Å²) in [5.74, 6) is -0.219. The summed E-state index contributed by atoms with van der Waals surface area (Å²) in [7, 11) is 0. The van der Waals surface area contributed by atoms with Gasteiger partial charge >= 0.3 is 0 Å². The van der Waals surface area contributed by atoms with E-state index in [2.05, 4.69) is 10.00 Å².